The van der Waals surface area contributed by atoms with E-state index in [4.69, 9.17) is 11.6 Å². The summed E-state index contributed by atoms with van der Waals surface area (Å²) in [7, 11) is 0. The monoisotopic (exact) mass is 190 g/mol. The molecule has 0 aromatic heterocycles. The first-order valence-corrected chi connectivity index (χ1v) is 5.44. The van der Waals surface area contributed by atoms with Gasteiger partial charge < -0.3 is 0 Å². The highest BCUT2D eigenvalue weighted by Crippen LogP contribution is 2.29. The van der Waals surface area contributed by atoms with Crippen LogP contribution in [0.5, 0.6) is 0 Å². The summed E-state index contributed by atoms with van der Waals surface area (Å²) in [6.45, 7) is 11.2. The molecule has 0 aromatic rings. The normalized spacial score (nSPS) is 19.2. The Morgan fingerprint density at radius 1 is 1.25 bits per heavy atom. The van der Waals surface area contributed by atoms with Crippen molar-refractivity contribution < 1.29 is 0 Å². The Morgan fingerprint density at radius 3 is 2.08 bits per heavy atom. The molecule has 0 nitrogen and oxygen atoms in total. The molecular weight excluding hydrogens is 168 g/mol. The highest BCUT2D eigenvalue weighted by atomic mass is 35.5. The standard InChI is InChI=1S/C11H23Cl/c1-6-11(5,12)8-10(4)7-9(2)3/h9-10H,6-8H2,1-5H3. The molecule has 2 atom stereocenters. The molecule has 0 aromatic carbocycles. The van der Waals surface area contributed by atoms with Gasteiger partial charge >= 0.3 is 0 Å². The summed E-state index contributed by atoms with van der Waals surface area (Å²) in [4.78, 5) is 0.0221. The zero-order valence-corrected chi connectivity index (χ0v) is 9.91. The van der Waals surface area contributed by atoms with Crippen molar-refractivity contribution in [1.82, 2.24) is 0 Å². The third-order valence-electron chi connectivity index (χ3n) is 2.39. The zero-order chi connectivity index (χ0) is 9.78. The number of rotatable bonds is 5. The van der Waals surface area contributed by atoms with Gasteiger partial charge in [0.15, 0.2) is 0 Å². The molecule has 0 aliphatic carbocycles. The van der Waals surface area contributed by atoms with Crippen LogP contribution in [0.25, 0.3) is 0 Å². The maximum atomic E-state index is 6.30. The van der Waals surface area contributed by atoms with E-state index >= 15 is 0 Å². The molecule has 0 radical (unpaired) electrons. The van der Waals surface area contributed by atoms with Gasteiger partial charge in [-0.1, -0.05) is 27.7 Å². The van der Waals surface area contributed by atoms with Crippen LogP contribution in [0.3, 0.4) is 0 Å². The van der Waals surface area contributed by atoms with Gasteiger partial charge in [0.25, 0.3) is 0 Å². The van der Waals surface area contributed by atoms with E-state index in [-0.39, 0.29) is 4.87 Å². The molecule has 0 saturated heterocycles. The van der Waals surface area contributed by atoms with Crippen LogP contribution in [0.1, 0.15) is 53.9 Å². The summed E-state index contributed by atoms with van der Waals surface area (Å²) in [5.41, 5.74) is 0. The average molecular weight is 191 g/mol. The van der Waals surface area contributed by atoms with Gasteiger partial charge in [-0.3, -0.25) is 0 Å². The van der Waals surface area contributed by atoms with Gasteiger partial charge in [-0.15, -0.1) is 11.6 Å². The van der Waals surface area contributed by atoms with Crippen molar-refractivity contribution >= 4 is 11.6 Å². The molecule has 2 unspecified atom stereocenters. The second-order valence-corrected chi connectivity index (χ2v) is 5.62. The Labute approximate surface area is 82.7 Å². The van der Waals surface area contributed by atoms with Crippen LogP contribution in [-0.4, -0.2) is 4.87 Å². The third kappa shape index (κ3) is 5.88. The fourth-order valence-corrected chi connectivity index (χ4v) is 2.02. The minimum absolute atomic E-state index is 0.0221. The van der Waals surface area contributed by atoms with Crippen molar-refractivity contribution in [2.45, 2.75) is 58.8 Å². The molecule has 0 N–H and O–H groups in total. The highest BCUT2D eigenvalue weighted by Gasteiger charge is 2.21. The number of hydrogen-bond donors (Lipinski definition) is 0. The van der Waals surface area contributed by atoms with Crippen molar-refractivity contribution in [2.75, 3.05) is 0 Å². The number of hydrogen-bond acceptors (Lipinski definition) is 0. The molecule has 0 amide bonds. The third-order valence-corrected chi connectivity index (χ3v) is 2.81. The van der Waals surface area contributed by atoms with Gasteiger partial charge in [0.05, 0.1) is 0 Å². The van der Waals surface area contributed by atoms with Gasteiger partial charge in [0.2, 0.25) is 0 Å². The molecule has 0 rings (SSSR count). The molecule has 1 heteroatoms. The summed E-state index contributed by atoms with van der Waals surface area (Å²) in [5, 5.41) is 0. The van der Waals surface area contributed by atoms with E-state index < -0.39 is 0 Å². The maximum Gasteiger partial charge on any atom is 0.0418 e. The summed E-state index contributed by atoms with van der Waals surface area (Å²) in [6, 6.07) is 0. The Hall–Kier alpha value is 0.290. The molecule has 0 spiro atoms. The lowest BCUT2D eigenvalue weighted by molar-refractivity contribution is 0.366. The van der Waals surface area contributed by atoms with Crippen molar-refractivity contribution in [1.29, 1.82) is 0 Å². The van der Waals surface area contributed by atoms with Crippen LogP contribution in [0.2, 0.25) is 0 Å². The van der Waals surface area contributed by atoms with Crippen LogP contribution in [0.4, 0.5) is 0 Å². The number of alkyl halides is 1. The van der Waals surface area contributed by atoms with E-state index in [1.165, 1.54) is 6.42 Å². The molecule has 0 aliphatic rings. The lowest BCUT2D eigenvalue weighted by atomic mass is 9.89. The largest absolute Gasteiger partial charge is 0.120 e. The summed E-state index contributed by atoms with van der Waals surface area (Å²) in [6.07, 6.45) is 3.50. The summed E-state index contributed by atoms with van der Waals surface area (Å²) < 4.78 is 0. The fraction of sp³-hybridized carbons (Fsp3) is 1.00. The summed E-state index contributed by atoms with van der Waals surface area (Å²) in [5.74, 6) is 1.55. The molecular formula is C11H23Cl. The van der Waals surface area contributed by atoms with Crippen molar-refractivity contribution in [2.24, 2.45) is 11.8 Å². The maximum absolute atomic E-state index is 6.30. The molecule has 74 valence electrons. The molecule has 12 heavy (non-hydrogen) atoms. The molecule has 0 saturated carbocycles. The van der Waals surface area contributed by atoms with E-state index in [9.17, 15) is 0 Å². The van der Waals surface area contributed by atoms with Gasteiger partial charge in [-0.05, 0) is 38.0 Å². The molecule has 0 fully saturated rings. The van der Waals surface area contributed by atoms with Crippen LogP contribution >= 0.6 is 11.6 Å². The zero-order valence-electron chi connectivity index (χ0n) is 9.15. The van der Waals surface area contributed by atoms with E-state index in [1.807, 2.05) is 0 Å². The number of halogens is 1. The Balaban J connectivity index is 3.75. The smallest absolute Gasteiger partial charge is 0.0418 e. The quantitative estimate of drug-likeness (QED) is 0.562. The van der Waals surface area contributed by atoms with Crippen molar-refractivity contribution in [3.8, 4) is 0 Å². The first kappa shape index (κ1) is 12.3. The summed E-state index contributed by atoms with van der Waals surface area (Å²) >= 11 is 6.30. The van der Waals surface area contributed by atoms with Crippen LogP contribution in [0.15, 0.2) is 0 Å². The average Bonchev–Trinajstić information content (AvgIpc) is 1.84. The lowest BCUT2D eigenvalue weighted by Crippen LogP contribution is -2.19. The van der Waals surface area contributed by atoms with Gasteiger partial charge in [0, 0.05) is 4.87 Å². The van der Waals surface area contributed by atoms with E-state index in [2.05, 4.69) is 34.6 Å². The highest BCUT2D eigenvalue weighted by molar-refractivity contribution is 6.23. The van der Waals surface area contributed by atoms with Gasteiger partial charge in [-0.2, -0.15) is 0 Å². The second-order valence-electron chi connectivity index (χ2n) is 4.71. The molecule has 0 heterocycles. The van der Waals surface area contributed by atoms with E-state index in [1.54, 1.807) is 0 Å². The lowest BCUT2D eigenvalue weighted by Gasteiger charge is -2.25. The van der Waals surface area contributed by atoms with Gasteiger partial charge in [-0.25, -0.2) is 0 Å². The SMILES string of the molecule is CCC(C)(Cl)CC(C)CC(C)C. The predicted octanol–water partition coefficient (Wildman–Crippen LogP) is 4.47. The Morgan fingerprint density at radius 2 is 1.75 bits per heavy atom. The first-order chi connectivity index (χ1) is 5.37. The van der Waals surface area contributed by atoms with E-state index in [0.29, 0.717) is 0 Å². The Kier molecular flexibility index (Phi) is 5.24. The minimum atomic E-state index is 0.0221. The first-order valence-electron chi connectivity index (χ1n) is 5.06. The van der Waals surface area contributed by atoms with Crippen LogP contribution < -0.4 is 0 Å². The molecule has 0 bridgehead atoms. The van der Waals surface area contributed by atoms with E-state index in [0.717, 1.165) is 24.7 Å². The molecule has 0 aliphatic heterocycles. The van der Waals surface area contributed by atoms with Crippen molar-refractivity contribution in [3.63, 3.8) is 0 Å². The van der Waals surface area contributed by atoms with Crippen LogP contribution in [0, 0.1) is 11.8 Å². The topological polar surface area (TPSA) is 0 Å². The predicted molar refractivity (Wildman–Crippen MR) is 57.8 cm³/mol. The Bertz CT molecular complexity index is 116. The fourth-order valence-electron chi connectivity index (χ4n) is 1.76. The van der Waals surface area contributed by atoms with Crippen LogP contribution in [-0.2, 0) is 0 Å². The second kappa shape index (κ2) is 5.11. The minimum Gasteiger partial charge on any atom is -0.120 e. The van der Waals surface area contributed by atoms with Crippen molar-refractivity contribution in [3.05, 3.63) is 0 Å². The van der Waals surface area contributed by atoms with Gasteiger partial charge in [0.1, 0.15) is 0 Å².